The third kappa shape index (κ3) is 8.90. The predicted molar refractivity (Wildman–Crippen MR) is 141 cm³/mol. The van der Waals surface area contributed by atoms with E-state index in [9.17, 15) is 9.59 Å². The first-order valence-corrected chi connectivity index (χ1v) is 12.1. The topological polar surface area (TPSA) is 145 Å². The van der Waals surface area contributed by atoms with Gasteiger partial charge >= 0.3 is 5.97 Å². The molecular weight excluding hydrogens is 454 g/mol. The summed E-state index contributed by atoms with van der Waals surface area (Å²) in [6.45, 7) is 0.594. The molecule has 0 aliphatic carbocycles. The van der Waals surface area contributed by atoms with Crippen molar-refractivity contribution in [2.45, 2.75) is 44.2 Å². The highest BCUT2D eigenvalue weighted by atomic mass is 16.5. The molecule has 8 heteroatoms. The summed E-state index contributed by atoms with van der Waals surface area (Å²) in [6.07, 6.45) is 0.634. The van der Waals surface area contributed by atoms with Crippen LogP contribution in [0.3, 0.4) is 0 Å². The zero-order valence-corrected chi connectivity index (χ0v) is 20.3. The van der Waals surface area contributed by atoms with Gasteiger partial charge in [0.05, 0.1) is 6.04 Å². The largest absolute Gasteiger partial charge is 0.459 e. The van der Waals surface area contributed by atoms with Crippen LogP contribution in [0.25, 0.3) is 11.1 Å². The van der Waals surface area contributed by atoms with Crippen LogP contribution in [0.15, 0.2) is 84.9 Å². The molecule has 8 N–H and O–H groups in total. The average molecular weight is 490 g/mol. The third-order valence-corrected chi connectivity index (χ3v) is 5.73. The SMILES string of the molecule is NC(N)NCCC[C@H](NC(=O)[C@@H](N)Cc1ccccc1)C(=O)OCc1ccc(-c2ccccc2)cc1. The number of esters is 1. The van der Waals surface area contributed by atoms with E-state index in [-0.39, 0.29) is 6.61 Å². The summed E-state index contributed by atoms with van der Waals surface area (Å²) in [4.78, 5) is 25.7. The summed E-state index contributed by atoms with van der Waals surface area (Å²) >= 11 is 0. The maximum atomic E-state index is 12.9. The van der Waals surface area contributed by atoms with Crippen molar-refractivity contribution in [3.8, 4) is 11.1 Å². The lowest BCUT2D eigenvalue weighted by atomic mass is 10.0. The third-order valence-electron chi connectivity index (χ3n) is 5.73. The Kier molecular flexibility index (Phi) is 10.6. The zero-order chi connectivity index (χ0) is 25.8. The second-order valence-electron chi connectivity index (χ2n) is 8.65. The first-order chi connectivity index (χ1) is 17.4. The highest BCUT2D eigenvalue weighted by Crippen LogP contribution is 2.19. The van der Waals surface area contributed by atoms with Crippen molar-refractivity contribution in [3.63, 3.8) is 0 Å². The van der Waals surface area contributed by atoms with Crippen molar-refractivity contribution < 1.29 is 14.3 Å². The van der Waals surface area contributed by atoms with Crippen molar-refractivity contribution >= 4 is 11.9 Å². The highest BCUT2D eigenvalue weighted by Gasteiger charge is 2.25. The second-order valence-corrected chi connectivity index (χ2v) is 8.65. The quantitative estimate of drug-likeness (QED) is 0.140. The normalized spacial score (nSPS) is 12.7. The molecule has 0 spiro atoms. The number of benzene rings is 3. The minimum atomic E-state index is -0.835. The Hall–Kier alpha value is -3.56. The number of carbonyl (C=O) groups excluding carboxylic acids is 2. The van der Waals surface area contributed by atoms with Gasteiger partial charge in [-0.3, -0.25) is 10.1 Å². The standard InChI is InChI=1S/C28H35N5O3/c29-24(18-20-8-3-1-4-9-20)26(34)33-25(12-7-17-32-28(30)31)27(35)36-19-21-13-15-23(16-14-21)22-10-5-2-6-11-22/h1-6,8-11,13-16,24-25,28,32H,7,12,17-19,29-31H2,(H,33,34)/t24-,25-/m0/s1. The zero-order valence-electron chi connectivity index (χ0n) is 20.3. The maximum Gasteiger partial charge on any atom is 0.328 e. The number of hydrogen-bond donors (Lipinski definition) is 5. The van der Waals surface area contributed by atoms with Gasteiger partial charge in [0.25, 0.3) is 0 Å². The highest BCUT2D eigenvalue weighted by molar-refractivity contribution is 5.87. The molecule has 0 aliphatic heterocycles. The van der Waals surface area contributed by atoms with Crippen LogP contribution in [-0.4, -0.2) is 36.8 Å². The number of carbonyl (C=O) groups is 2. The fourth-order valence-corrected chi connectivity index (χ4v) is 3.74. The van der Waals surface area contributed by atoms with Crippen LogP contribution in [-0.2, 0) is 27.4 Å². The Morgan fingerprint density at radius 2 is 1.39 bits per heavy atom. The molecule has 190 valence electrons. The maximum absolute atomic E-state index is 12.9. The smallest absolute Gasteiger partial charge is 0.328 e. The molecule has 3 aromatic carbocycles. The number of amides is 1. The Balaban J connectivity index is 1.57. The average Bonchev–Trinajstić information content (AvgIpc) is 2.90. The molecule has 2 atom stereocenters. The van der Waals surface area contributed by atoms with Crippen molar-refractivity contribution in [2.24, 2.45) is 17.2 Å². The van der Waals surface area contributed by atoms with Gasteiger partial charge in [0.1, 0.15) is 18.9 Å². The van der Waals surface area contributed by atoms with E-state index in [1.54, 1.807) is 0 Å². The first-order valence-electron chi connectivity index (χ1n) is 12.1. The van der Waals surface area contributed by atoms with Crippen LogP contribution in [0.2, 0.25) is 0 Å². The van der Waals surface area contributed by atoms with Crippen molar-refractivity contribution in [3.05, 3.63) is 96.1 Å². The van der Waals surface area contributed by atoms with Crippen LogP contribution < -0.4 is 27.8 Å². The van der Waals surface area contributed by atoms with E-state index in [0.717, 1.165) is 22.3 Å². The fraction of sp³-hybridized carbons (Fsp3) is 0.286. The summed E-state index contributed by atoms with van der Waals surface area (Å²) in [6, 6.07) is 25.7. The Labute approximate surface area is 212 Å². The van der Waals surface area contributed by atoms with Crippen LogP contribution in [0.4, 0.5) is 0 Å². The molecule has 0 bridgehead atoms. The molecule has 0 aromatic heterocycles. The molecule has 0 heterocycles. The van der Waals surface area contributed by atoms with Gasteiger partial charge in [-0.2, -0.15) is 0 Å². The molecule has 0 unspecified atom stereocenters. The van der Waals surface area contributed by atoms with E-state index < -0.39 is 30.2 Å². The number of nitrogens with two attached hydrogens (primary N) is 3. The van der Waals surface area contributed by atoms with Gasteiger partial charge in [-0.15, -0.1) is 0 Å². The molecule has 0 saturated carbocycles. The molecule has 1 amide bonds. The number of ether oxygens (including phenoxy) is 1. The molecule has 8 nitrogen and oxygen atoms in total. The summed E-state index contributed by atoms with van der Waals surface area (Å²) < 4.78 is 5.55. The van der Waals surface area contributed by atoms with E-state index in [2.05, 4.69) is 10.6 Å². The van der Waals surface area contributed by atoms with E-state index in [4.69, 9.17) is 21.9 Å². The second kappa shape index (κ2) is 14.1. The van der Waals surface area contributed by atoms with Gasteiger partial charge in [-0.05, 0) is 48.1 Å². The monoisotopic (exact) mass is 489 g/mol. The number of hydrogen-bond acceptors (Lipinski definition) is 7. The van der Waals surface area contributed by atoms with Crippen molar-refractivity contribution in [1.29, 1.82) is 0 Å². The summed E-state index contributed by atoms with van der Waals surface area (Å²) in [5, 5.41) is 5.65. The van der Waals surface area contributed by atoms with E-state index in [0.29, 0.717) is 25.8 Å². The fourth-order valence-electron chi connectivity index (χ4n) is 3.74. The molecule has 36 heavy (non-hydrogen) atoms. The van der Waals surface area contributed by atoms with Gasteiger partial charge in [-0.25, -0.2) is 4.79 Å². The lowest BCUT2D eigenvalue weighted by Gasteiger charge is -2.20. The van der Waals surface area contributed by atoms with Crippen LogP contribution >= 0.6 is 0 Å². The Morgan fingerprint density at radius 3 is 2.03 bits per heavy atom. The Morgan fingerprint density at radius 1 is 0.778 bits per heavy atom. The summed E-state index contributed by atoms with van der Waals surface area (Å²) in [5.41, 5.74) is 21.1. The van der Waals surface area contributed by atoms with Crippen molar-refractivity contribution in [1.82, 2.24) is 10.6 Å². The summed E-state index contributed by atoms with van der Waals surface area (Å²) in [7, 11) is 0. The molecule has 0 fully saturated rings. The molecule has 0 aliphatic rings. The van der Waals surface area contributed by atoms with Gasteiger partial charge < -0.3 is 27.3 Å². The minimum absolute atomic E-state index is 0.0995. The number of rotatable bonds is 13. The number of nitrogens with one attached hydrogen (secondary N) is 2. The van der Waals surface area contributed by atoms with Crippen molar-refractivity contribution in [2.75, 3.05) is 6.54 Å². The van der Waals surface area contributed by atoms with Gasteiger partial charge in [0, 0.05) is 0 Å². The van der Waals surface area contributed by atoms with E-state index in [1.807, 2.05) is 84.9 Å². The minimum Gasteiger partial charge on any atom is -0.459 e. The first kappa shape index (κ1) is 27.0. The van der Waals surface area contributed by atoms with Gasteiger partial charge in [0.15, 0.2) is 0 Å². The molecule has 3 aromatic rings. The van der Waals surface area contributed by atoms with Gasteiger partial charge in [-0.1, -0.05) is 84.9 Å². The van der Waals surface area contributed by atoms with Crippen LogP contribution in [0, 0.1) is 0 Å². The van der Waals surface area contributed by atoms with E-state index in [1.165, 1.54) is 0 Å². The van der Waals surface area contributed by atoms with Crippen LogP contribution in [0.1, 0.15) is 24.0 Å². The van der Waals surface area contributed by atoms with Crippen LogP contribution in [0.5, 0.6) is 0 Å². The molecule has 0 radical (unpaired) electrons. The van der Waals surface area contributed by atoms with Gasteiger partial charge in [0.2, 0.25) is 5.91 Å². The molecule has 0 saturated heterocycles. The predicted octanol–water partition coefficient (Wildman–Crippen LogP) is 2.02. The lowest BCUT2D eigenvalue weighted by molar-refractivity contribution is -0.149. The molecular formula is C28H35N5O3. The summed E-state index contributed by atoms with van der Waals surface area (Å²) in [5.74, 6) is -0.920. The Bertz CT molecular complexity index is 1080. The molecule has 3 rings (SSSR count). The van der Waals surface area contributed by atoms with E-state index >= 15 is 0 Å². The lowest BCUT2D eigenvalue weighted by Crippen LogP contribution is -2.50.